The fourth-order valence-corrected chi connectivity index (χ4v) is 2.14. The van der Waals surface area contributed by atoms with Crippen LogP contribution in [0.5, 0.6) is 0 Å². The van der Waals surface area contributed by atoms with Crippen molar-refractivity contribution in [2.45, 2.75) is 32.1 Å². The Kier molecular flexibility index (Phi) is 2.91. The van der Waals surface area contributed by atoms with Gasteiger partial charge in [0.05, 0.1) is 6.20 Å². The summed E-state index contributed by atoms with van der Waals surface area (Å²) in [7, 11) is 0. The van der Waals surface area contributed by atoms with E-state index in [-0.39, 0.29) is 23.2 Å². The standard InChI is InChI=1S/C11H14N4O/c12-6-9-7-14-15(10(9)13)11(16)8-4-2-1-3-5-8/h7-8H,1-5,13H2. The largest absolute Gasteiger partial charge is 0.382 e. The number of nitrogen functional groups attached to an aromatic ring is 1. The predicted molar refractivity (Wildman–Crippen MR) is 58.6 cm³/mol. The molecule has 0 amide bonds. The van der Waals surface area contributed by atoms with Gasteiger partial charge in [0.1, 0.15) is 17.5 Å². The van der Waals surface area contributed by atoms with Gasteiger partial charge in [-0.25, -0.2) is 0 Å². The van der Waals surface area contributed by atoms with E-state index in [2.05, 4.69) is 5.10 Å². The normalized spacial score (nSPS) is 16.9. The van der Waals surface area contributed by atoms with E-state index in [4.69, 9.17) is 11.0 Å². The number of anilines is 1. The lowest BCUT2D eigenvalue weighted by Crippen LogP contribution is -2.25. The highest BCUT2D eigenvalue weighted by atomic mass is 16.2. The Morgan fingerprint density at radius 1 is 1.50 bits per heavy atom. The molecule has 1 aromatic heterocycles. The van der Waals surface area contributed by atoms with Crippen molar-refractivity contribution in [1.29, 1.82) is 5.26 Å². The third-order valence-corrected chi connectivity index (χ3v) is 3.09. The molecule has 84 valence electrons. The maximum atomic E-state index is 12.1. The molecule has 0 bridgehead atoms. The zero-order valence-corrected chi connectivity index (χ0v) is 9.02. The molecule has 0 aromatic carbocycles. The molecular weight excluding hydrogens is 204 g/mol. The number of nitrogens with zero attached hydrogens (tertiary/aromatic N) is 3. The van der Waals surface area contributed by atoms with E-state index in [0.29, 0.717) is 0 Å². The first-order chi connectivity index (χ1) is 7.74. The van der Waals surface area contributed by atoms with Crippen molar-refractivity contribution < 1.29 is 4.79 Å². The van der Waals surface area contributed by atoms with Crippen molar-refractivity contribution in [1.82, 2.24) is 9.78 Å². The highest BCUT2D eigenvalue weighted by Crippen LogP contribution is 2.26. The molecule has 1 aliphatic carbocycles. The van der Waals surface area contributed by atoms with Crippen LogP contribution in [0.1, 0.15) is 42.5 Å². The summed E-state index contributed by atoms with van der Waals surface area (Å²) < 4.78 is 1.18. The Hall–Kier alpha value is -1.83. The Morgan fingerprint density at radius 3 is 2.75 bits per heavy atom. The molecule has 0 aliphatic heterocycles. The maximum Gasteiger partial charge on any atom is 0.251 e. The van der Waals surface area contributed by atoms with E-state index < -0.39 is 0 Å². The number of hydrogen-bond acceptors (Lipinski definition) is 4. The molecule has 2 rings (SSSR count). The Balaban J connectivity index is 2.20. The van der Waals surface area contributed by atoms with Crippen molar-refractivity contribution in [3.8, 4) is 6.07 Å². The summed E-state index contributed by atoms with van der Waals surface area (Å²) in [6.45, 7) is 0. The van der Waals surface area contributed by atoms with Gasteiger partial charge < -0.3 is 5.73 Å². The number of hydrogen-bond donors (Lipinski definition) is 1. The van der Waals surface area contributed by atoms with Gasteiger partial charge in [-0.15, -0.1) is 0 Å². The molecule has 5 nitrogen and oxygen atoms in total. The Labute approximate surface area is 93.8 Å². The molecule has 1 fully saturated rings. The minimum absolute atomic E-state index is 0.0162. The van der Waals surface area contributed by atoms with Crippen molar-refractivity contribution in [2.75, 3.05) is 5.73 Å². The zero-order chi connectivity index (χ0) is 11.5. The molecule has 0 radical (unpaired) electrons. The summed E-state index contributed by atoms with van der Waals surface area (Å²) in [5, 5.41) is 12.6. The lowest BCUT2D eigenvalue weighted by Gasteiger charge is -2.20. The van der Waals surface area contributed by atoms with E-state index in [9.17, 15) is 4.79 Å². The summed E-state index contributed by atoms with van der Waals surface area (Å²) in [5.74, 6) is 0.110. The zero-order valence-electron chi connectivity index (χ0n) is 9.02. The number of aromatic nitrogens is 2. The van der Waals surface area contributed by atoms with Crippen LogP contribution in [0.3, 0.4) is 0 Å². The lowest BCUT2D eigenvalue weighted by molar-refractivity contribution is 0.0788. The topological polar surface area (TPSA) is 84.7 Å². The summed E-state index contributed by atoms with van der Waals surface area (Å²) in [4.78, 5) is 12.1. The van der Waals surface area contributed by atoms with Gasteiger partial charge in [-0.2, -0.15) is 15.0 Å². The molecule has 1 saturated carbocycles. The van der Waals surface area contributed by atoms with Crippen LogP contribution in [0.2, 0.25) is 0 Å². The number of nitriles is 1. The van der Waals surface area contributed by atoms with Crippen LogP contribution in [0.15, 0.2) is 6.20 Å². The molecule has 0 unspecified atom stereocenters. The number of carbonyl (C=O) groups excluding carboxylic acids is 1. The minimum atomic E-state index is -0.0706. The molecule has 1 aromatic rings. The van der Waals surface area contributed by atoms with Gasteiger partial charge in [0.15, 0.2) is 0 Å². The molecule has 1 heterocycles. The smallest absolute Gasteiger partial charge is 0.251 e. The number of carbonyl (C=O) groups is 1. The first-order valence-corrected chi connectivity index (χ1v) is 5.52. The van der Waals surface area contributed by atoms with Crippen LogP contribution in [0, 0.1) is 17.2 Å². The van der Waals surface area contributed by atoms with Crippen molar-refractivity contribution in [3.05, 3.63) is 11.8 Å². The van der Waals surface area contributed by atoms with Crippen LogP contribution in [-0.4, -0.2) is 15.7 Å². The van der Waals surface area contributed by atoms with E-state index >= 15 is 0 Å². The molecule has 2 N–H and O–H groups in total. The van der Waals surface area contributed by atoms with Crippen molar-refractivity contribution in [3.63, 3.8) is 0 Å². The average molecular weight is 218 g/mol. The second-order valence-electron chi connectivity index (χ2n) is 4.14. The molecular formula is C11H14N4O. The Morgan fingerprint density at radius 2 is 2.19 bits per heavy atom. The molecule has 0 spiro atoms. The first-order valence-electron chi connectivity index (χ1n) is 5.52. The van der Waals surface area contributed by atoms with Crippen LogP contribution < -0.4 is 5.73 Å². The van der Waals surface area contributed by atoms with E-state index in [1.807, 2.05) is 6.07 Å². The lowest BCUT2D eigenvalue weighted by atomic mass is 9.89. The number of nitrogens with two attached hydrogens (primary N) is 1. The highest BCUT2D eigenvalue weighted by molar-refractivity contribution is 5.84. The molecule has 1 aliphatic rings. The predicted octanol–water partition coefficient (Wildman–Crippen LogP) is 1.56. The average Bonchev–Trinajstić information content (AvgIpc) is 2.70. The van der Waals surface area contributed by atoms with E-state index in [1.165, 1.54) is 17.3 Å². The molecule has 0 saturated heterocycles. The van der Waals surface area contributed by atoms with Gasteiger partial charge in [-0.3, -0.25) is 4.79 Å². The van der Waals surface area contributed by atoms with Crippen molar-refractivity contribution in [2.24, 2.45) is 5.92 Å². The van der Waals surface area contributed by atoms with E-state index in [1.54, 1.807) is 0 Å². The fourth-order valence-electron chi connectivity index (χ4n) is 2.14. The minimum Gasteiger partial charge on any atom is -0.382 e. The monoisotopic (exact) mass is 218 g/mol. The summed E-state index contributed by atoms with van der Waals surface area (Å²) >= 11 is 0. The van der Waals surface area contributed by atoms with Gasteiger partial charge in [-0.1, -0.05) is 19.3 Å². The second kappa shape index (κ2) is 4.35. The van der Waals surface area contributed by atoms with Gasteiger partial charge in [0.2, 0.25) is 0 Å². The third-order valence-electron chi connectivity index (χ3n) is 3.09. The maximum absolute atomic E-state index is 12.1. The quantitative estimate of drug-likeness (QED) is 0.775. The van der Waals surface area contributed by atoms with Gasteiger partial charge >= 0.3 is 0 Å². The molecule has 16 heavy (non-hydrogen) atoms. The van der Waals surface area contributed by atoms with Crippen molar-refractivity contribution >= 4 is 11.7 Å². The van der Waals surface area contributed by atoms with Crippen LogP contribution in [-0.2, 0) is 0 Å². The van der Waals surface area contributed by atoms with Gasteiger partial charge in [0.25, 0.3) is 5.91 Å². The Bertz CT molecular complexity index is 437. The molecule has 5 heteroatoms. The SMILES string of the molecule is N#Cc1cnn(C(=O)C2CCCCC2)c1N. The number of rotatable bonds is 1. The van der Waals surface area contributed by atoms with Gasteiger partial charge in [-0.05, 0) is 12.8 Å². The van der Waals surface area contributed by atoms with Gasteiger partial charge in [0, 0.05) is 5.92 Å². The second-order valence-corrected chi connectivity index (χ2v) is 4.14. The van der Waals surface area contributed by atoms with Crippen LogP contribution in [0.4, 0.5) is 5.82 Å². The summed E-state index contributed by atoms with van der Waals surface area (Å²) in [5.41, 5.74) is 5.95. The first kappa shape index (κ1) is 10.7. The third kappa shape index (κ3) is 1.78. The summed E-state index contributed by atoms with van der Waals surface area (Å²) in [6.07, 6.45) is 6.52. The van der Waals surface area contributed by atoms with E-state index in [0.717, 1.165) is 25.7 Å². The fraction of sp³-hybridized carbons (Fsp3) is 0.545. The van der Waals surface area contributed by atoms with Crippen LogP contribution in [0.25, 0.3) is 0 Å². The summed E-state index contributed by atoms with van der Waals surface area (Å²) in [6, 6.07) is 1.91. The highest BCUT2D eigenvalue weighted by Gasteiger charge is 2.25. The van der Waals surface area contributed by atoms with Crippen LogP contribution >= 0.6 is 0 Å². The molecule has 0 atom stereocenters.